The van der Waals surface area contributed by atoms with Crippen LogP contribution in [-0.2, 0) is 13.5 Å². The zero-order valence-corrected chi connectivity index (χ0v) is 16.3. The van der Waals surface area contributed by atoms with Crippen molar-refractivity contribution in [3.63, 3.8) is 0 Å². The zero-order chi connectivity index (χ0) is 19.4. The van der Waals surface area contributed by atoms with Crippen molar-refractivity contribution in [1.29, 1.82) is 0 Å². The standard InChI is InChI=1S/C18H20N4O4S/c1-22-18(27-4)20-17(21-22)19-16(23)15-8-6-13(26-15)10-11-9-12(24-2)5-7-14(11)25-3/h5-9H,10H2,1-4H3,(H,19,21,23). The predicted octanol–water partition coefficient (Wildman–Crippen LogP) is 2.99. The van der Waals surface area contributed by atoms with Crippen LogP contribution < -0.4 is 14.8 Å². The summed E-state index contributed by atoms with van der Waals surface area (Å²) in [6.45, 7) is 0. The molecule has 1 aromatic carbocycles. The Morgan fingerprint density at radius 2 is 2.07 bits per heavy atom. The number of aryl methyl sites for hydroxylation is 1. The number of methoxy groups -OCH3 is 2. The van der Waals surface area contributed by atoms with Crippen molar-refractivity contribution in [2.45, 2.75) is 11.6 Å². The topological polar surface area (TPSA) is 91.4 Å². The lowest BCUT2D eigenvalue weighted by atomic mass is 10.1. The van der Waals surface area contributed by atoms with Gasteiger partial charge in [-0.15, -0.1) is 5.10 Å². The van der Waals surface area contributed by atoms with Gasteiger partial charge in [-0.05, 0) is 36.6 Å². The Bertz CT molecular complexity index is 951. The molecule has 27 heavy (non-hydrogen) atoms. The number of furan rings is 1. The number of benzene rings is 1. The first kappa shape index (κ1) is 18.8. The van der Waals surface area contributed by atoms with E-state index in [0.29, 0.717) is 17.3 Å². The van der Waals surface area contributed by atoms with E-state index in [1.165, 1.54) is 11.8 Å². The van der Waals surface area contributed by atoms with Crippen LogP contribution in [0, 0.1) is 0 Å². The maximum atomic E-state index is 12.4. The van der Waals surface area contributed by atoms with Crippen LogP contribution in [0.4, 0.5) is 5.95 Å². The summed E-state index contributed by atoms with van der Waals surface area (Å²) < 4.78 is 17.9. The second kappa shape index (κ2) is 8.17. The van der Waals surface area contributed by atoms with Crippen LogP contribution in [0.1, 0.15) is 21.9 Å². The van der Waals surface area contributed by atoms with Gasteiger partial charge in [0.15, 0.2) is 10.9 Å². The highest BCUT2D eigenvalue weighted by atomic mass is 32.2. The van der Waals surface area contributed by atoms with Crippen molar-refractivity contribution in [3.8, 4) is 11.5 Å². The van der Waals surface area contributed by atoms with Gasteiger partial charge in [-0.1, -0.05) is 11.8 Å². The largest absolute Gasteiger partial charge is 0.497 e. The first-order valence-corrected chi connectivity index (χ1v) is 9.32. The van der Waals surface area contributed by atoms with E-state index in [1.54, 1.807) is 38.1 Å². The molecule has 2 heterocycles. The van der Waals surface area contributed by atoms with Crippen molar-refractivity contribution in [3.05, 3.63) is 47.4 Å². The molecule has 3 rings (SSSR count). The molecule has 0 fully saturated rings. The van der Waals surface area contributed by atoms with Gasteiger partial charge in [-0.25, -0.2) is 4.68 Å². The normalized spacial score (nSPS) is 10.7. The Labute approximate surface area is 160 Å². The molecule has 3 aromatic rings. The summed E-state index contributed by atoms with van der Waals surface area (Å²) >= 11 is 1.44. The van der Waals surface area contributed by atoms with Gasteiger partial charge in [0.25, 0.3) is 5.91 Å². The molecular weight excluding hydrogens is 368 g/mol. The van der Waals surface area contributed by atoms with Crippen molar-refractivity contribution in [2.24, 2.45) is 7.05 Å². The van der Waals surface area contributed by atoms with Gasteiger partial charge in [0.2, 0.25) is 5.95 Å². The summed E-state index contributed by atoms with van der Waals surface area (Å²) in [5.41, 5.74) is 0.897. The number of carbonyl (C=O) groups is 1. The fraction of sp³-hybridized carbons (Fsp3) is 0.278. The van der Waals surface area contributed by atoms with Gasteiger partial charge < -0.3 is 13.9 Å². The third-order valence-electron chi connectivity index (χ3n) is 3.87. The molecular formula is C18H20N4O4S. The molecule has 0 aliphatic carbocycles. The molecule has 0 aliphatic heterocycles. The first-order valence-electron chi connectivity index (χ1n) is 8.10. The molecule has 0 bridgehead atoms. The summed E-state index contributed by atoms with van der Waals surface area (Å²) in [5, 5.41) is 7.49. The van der Waals surface area contributed by atoms with Crippen LogP contribution >= 0.6 is 11.8 Å². The van der Waals surface area contributed by atoms with E-state index < -0.39 is 5.91 Å². The van der Waals surface area contributed by atoms with E-state index in [1.807, 2.05) is 24.5 Å². The number of amides is 1. The van der Waals surface area contributed by atoms with Crippen LogP contribution in [0.3, 0.4) is 0 Å². The minimum Gasteiger partial charge on any atom is -0.497 e. The van der Waals surface area contributed by atoms with E-state index in [9.17, 15) is 4.79 Å². The minimum atomic E-state index is -0.405. The van der Waals surface area contributed by atoms with E-state index in [2.05, 4.69) is 15.4 Å². The molecule has 8 nitrogen and oxygen atoms in total. The van der Waals surface area contributed by atoms with Gasteiger partial charge >= 0.3 is 0 Å². The quantitative estimate of drug-likeness (QED) is 0.622. The Balaban J connectivity index is 1.73. The first-order chi connectivity index (χ1) is 13.0. The number of nitrogens with one attached hydrogen (secondary N) is 1. The van der Waals surface area contributed by atoms with Crippen LogP contribution in [0.5, 0.6) is 11.5 Å². The van der Waals surface area contributed by atoms with E-state index in [-0.39, 0.29) is 11.7 Å². The molecule has 0 unspecified atom stereocenters. The fourth-order valence-electron chi connectivity index (χ4n) is 2.57. The number of ether oxygens (including phenoxy) is 2. The maximum Gasteiger partial charge on any atom is 0.293 e. The van der Waals surface area contributed by atoms with E-state index >= 15 is 0 Å². The van der Waals surface area contributed by atoms with Gasteiger partial charge in [-0.2, -0.15) is 4.98 Å². The highest BCUT2D eigenvalue weighted by Crippen LogP contribution is 2.27. The second-order valence-corrected chi connectivity index (χ2v) is 6.39. The summed E-state index contributed by atoms with van der Waals surface area (Å²) in [7, 11) is 4.98. The Morgan fingerprint density at radius 3 is 2.74 bits per heavy atom. The number of nitrogens with zero attached hydrogens (tertiary/aromatic N) is 3. The third-order valence-corrected chi connectivity index (χ3v) is 4.59. The summed E-state index contributed by atoms with van der Waals surface area (Å²) in [6.07, 6.45) is 2.35. The number of thioether (sulfide) groups is 1. The minimum absolute atomic E-state index is 0.185. The molecule has 9 heteroatoms. The number of carbonyl (C=O) groups excluding carboxylic acids is 1. The Kier molecular flexibility index (Phi) is 5.70. The number of hydrogen-bond donors (Lipinski definition) is 1. The Hall–Kier alpha value is -2.94. The molecule has 0 radical (unpaired) electrons. The predicted molar refractivity (Wildman–Crippen MR) is 102 cm³/mol. The number of hydrogen-bond acceptors (Lipinski definition) is 7. The number of aromatic nitrogens is 3. The molecule has 0 spiro atoms. The molecule has 1 amide bonds. The molecule has 2 aromatic heterocycles. The SMILES string of the molecule is COc1ccc(OC)c(Cc2ccc(C(=O)Nc3nc(SC)n(C)n3)o2)c1. The summed E-state index contributed by atoms with van der Waals surface area (Å²) in [5.74, 6) is 2.09. The van der Waals surface area contributed by atoms with Gasteiger partial charge in [0, 0.05) is 19.0 Å². The highest BCUT2D eigenvalue weighted by Gasteiger charge is 2.16. The van der Waals surface area contributed by atoms with Gasteiger partial charge in [0.1, 0.15) is 17.3 Å². The van der Waals surface area contributed by atoms with Crippen molar-refractivity contribution in [2.75, 3.05) is 25.8 Å². The van der Waals surface area contributed by atoms with Crippen LogP contribution in [0.2, 0.25) is 0 Å². The number of anilines is 1. The maximum absolute atomic E-state index is 12.4. The molecule has 1 N–H and O–H groups in total. The highest BCUT2D eigenvalue weighted by molar-refractivity contribution is 7.98. The Morgan fingerprint density at radius 1 is 1.26 bits per heavy atom. The molecule has 0 saturated carbocycles. The monoisotopic (exact) mass is 388 g/mol. The lowest BCUT2D eigenvalue weighted by Crippen LogP contribution is -2.12. The van der Waals surface area contributed by atoms with E-state index in [4.69, 9.17) is 13.9 Å². The third kappa shape index (κ3) is 4.25. The van der Waals surface area contributed by atoms with E-state index in [0.717, 1.165) is 17.1 Å². The van der Waals surface area contributed by atoms with Crippen molar-refractivity contribution >= 4 is 23.6 Å². The lowest BCUT2D eigenvalue weighted by Gasteiger charge is -2.09. The number of rotatable bonds is 7. The average molecular weight is 388 g/mol. The van der Waals surface area contributed by atoms with Crippen molar-refractivity contribution in [1.82, 2.24) is 14.8 Å². The molecule has 142 valence electrons. The lowest BCUT2D eigenvalue weighted by molar-refractivity contribution is 0.0994. The fourth-order valence-corrected chi connectivity index (χ4v) is 3.05. The van der Waals surface area contributed by atoms with Crippen LogP contribution in [0.15, 0.2) is 39.9 Å². The van der Waals surface area contributed by atoms with Crippen LogP contribution in [-0.4, -0.2) is 41.1 Å². The molecule has 0 atom stereocenters. The average Bonchev–Trinajstić information content (AvgIpc) is 3.27. The summed E-state index contributed by atoms with van der Waals surface area (Å²) in [4.78, 5) is 16.6. The molecule has 0 aliphatic rings. The summed E-state index contributed by atoms with van der Waals surface area (Å²) in [6, 6.07) is 8.92. The zero-order valence-electron chi connectivity index (χ0n) is 15.5. The van der Waals surface area contributed by atoms with Crippen LogP contribution in [0.25, 0.3) is 0 Å². The second-order valence-electron chi connectivity index (χ2n) is 5.62. The molecule has 0 saturated heterocycles. The van der Waals surface area contributed by atoms with Gasteiger partial charge in [-0.3, -0.25) is 10.1 Å². The smallest absolute Gasteiger partial charge is 0.293 e. The van der Waals surface area contributed by atoms with Gasteiger partial charge in [0.05, 0.1) is 14.2 Å². The van der Waals surface area contributed by atoms with Crippen molar-refractivity contribution < 1.29 is 18.7 Å².